The summed E-state index contributed by atoms with van der Waals surface area (Å²) in [7, 11) is 1.41. The van der Waals surface area contributed by atoms with Crippen molar-refractivity contribution in [2.24, 2.45) is 5.84 Å². The van der Waals surface area contributed by atoms with Crippen LogP contribution in [0, 0.1) is 18.6 Å². The fraction of sp³-hybridized carbons (Fsp3) is 0.250. The van der Waals surface area contributed by atoms with Gasteiger partial charge in [0.15, 0.2) is 11.6 Å². The van der Waals surface area contributed by atoms with Gasteiger partial charge >= 0.3 is 0 Å². The van der Waals surface area contributed by atoms with Gasteiger partial charge < -0.3 is 4.74 Å². The lowest BCUT2D eigenvalue weighted by Gasteiger charge is -2.19. The number of hydrogen-bond acceptors (Lipinski definition) is 3. The second-order valence-corrected chi connectivity index (χ2v) is 4.86. The van der Waals surface area contributed by atoms with Gasteiger partial charge in [-0.05, 0) is 48.2 Å². The number of nitrogens with one attached hydrogen (secondary N) is 1. The number of nitrogens with two attached hydrogens (primary N) is 1. The average molecular weight is 292 g/mol. The van der Waals surface area contributed by atoms with Gasteiger partial charge in [-0.3, -0.25) is 11.3 Å². The van der Waals surface area contributed by atoms with Gasteiger partial charge in [0.25, 0.3) is 0 Å². The van der Waals surface area contributed by atoms with Crippen LogP contribution in [-0.4, -0.2) is 7.11 Å². The molecule has 0 fully saturated rings. The maximum absolute atomic E-state index is 14.2. The first-order valence-corrected chi connectivity index (χ1v) is 6.60. The third-order valence-corrected chi connectivity index (χ3v) is 3.51. The van der Waals surface area contributed by atoms with Crippen LogP contribution in [0.25, 0.3) is 0 Å². The summed E-state index contributed by atoms with van der Waals surface area (Å²) in [5.74, 6) is 4.98. The average Bonchev–Trinajstić information content (AvgIpc) is 2.49. The van der Waals surface area contributed by atoms with E-state index in [1.165, 1.54) is 19.2 Å². The molecule has 0 saturated heterocycles. The van der Waals surface area contributed by atoms with E-state index in [9.17, 15) is 8.78 Å². The van der Waals surface area contributed by atoms with E-state index < -0.39 is 5.82 Å². The highest BCUT2D eigenvalue weighted by atomic mass is 19.1. The van der Waals surface area contributed by atoms with E-state index >= 15 is 0 Å². The van der Waals surface area contributed by atoms with Crippen LogP contribution in [0.5, 0.6) is 5.75 Å². The molecule has 0 aromatic heterocycles. The summed E-state index contributed by atoms with van der Waals surface area (Å²) in [5.41, 5.74) is 4.68. The number of halogens is 2. The molecule has 21 heavy (non-hydrogen) atoms. The molecule has 0 aliphatic rings. The van der Waals surface area contributed by atoms with Crippen molar-refractivity contribution in [3.8, 4) is 5.75 Å². The molecule has 0 amide bonds. The van der Waals surface area contributed by atoms with E-state index in [-0.39, 0.29) is 17.6 Å². The second kappa shape index (κ2) is 6.65. The zero-order valence-electron chi connectivity index (χ0n) is 12.0. The van der Waals surface area contributed by atoms with Crippen molar-refractivity contribution in [3.63, 3.8) is 0 Å². The van der Waals surface area contributed by atoms with Crippen LogP contribution in [0.1, 0.15) is 22.7 Å². The predicted octanol–water partition coefficient (Wildman–Crippen LogP) is 3.03. The van der Waals surface area contributed by atoms with Crippen molar-refractivity contribution < 1.29 is 13.5 Å². The molecule has 0 aliphatic heterocycles. The fourth-order valence-corrected chi connectivity index (χ4v) is 2.34. The lowest BCUT2D eigenvalue weighted by Crippen LogP contribution is -2.30. The Bertz CT molecular complexity index is 632. The smallest absolute Gasteiger partial charge is 0.168 e. The van der Waals surface area contributed by atoms with Gasteiger partial charge in [0, 0.05) is 0 Å². The zero-order chi connectivity index (χ0) is 15.4. The third-order valence-electron chi connectivity index (χ3n) is 3.51. The molecular weight excluding hydrogens is 274 g/mol. The summed E-state index contributed by atoms with van der Waals surface area (Å²) in [4.78, 5) is 0. The van der Waals surface area contributed by atoms with Gasteiger partial charge in [-0.25, -0.2) is 8.78 Å². The number of hydrazine groups is 1. The Morgan fingerprint density at radius 1 is 1.24 bits per heavy atom. The van der Waals surface area contributed by atoms with Crippen LogP contribution in [0.4, 0.5) is 8.78 Å². The summed E-state index contributed by atoms with van der Waals surface area (Å²) >= 11 is 0. The first-order valence-electron chi connectivity index (χ1n) is 6.60. The number of methoxy groups -OCH3 is 1. The maximum Gasteiger partial charge on any atom is 0.168 e. The van der Waals surface area contributed by atoms with Gasteiger partial charge in [0.2, 0.25) is 0 Å². The topological polar surface area (TPSA) is 47.3 Å². The monoisotopic (exact) mass is 292 g/mol. The minimum absolute atomic E-state index is 0.180. The summed E-state index contributed by atoms with van der Waals surface area (Å²) in [6.07, 6.45) is 0.295. The molecule has 0 aliphatic carbocycles. The lowest BCUT2D eigenvalue weighted by molar-refractivity contribution is 0.382. The maximum atomic E-state index is 14.2. The molecule has 2 aromatic rings. The molecule has 0 radical (unpaired) electrons. The van der Waals surface area contributed by atoms with Crippen LogP contribution in [0.2, 0.25) is 0 Å². The van der Waals surface area contributed by atoms with E-state index in [1.807, 2.05) is 6.92 Å². The Labute approximate surface area is 122 Å². The summed E-state index contributed by atoms with van der Waals surface area (Å²) in [6, 6.07) is 9.02. The molecule has 3 nitrogen and oxygen atoms in total. The van der Waals surface area contributed by atoms with Crippen LogP contribution >= 0.6 is 0 Å². The Hall–Kier alpha value is -1.98. The molecule has 1 unspecified atom stereocenters. The van der Waals surface area contributed by atoms with E-state index in [4.69, 9.17) is 10.6 Å². The Morgan fingerprint density at radius 2 is 2.00 bits per heavy atom. The summed E-state index contributed by atoms with van der Waals surface area (Å²) in [6.45, 7) is 1.86. The standard InChI is InChI=1S/C16H18F2N2O/c1-10-6-7-12(17)9-13(10)14(20-19)8-11-4-3-5-15(21-2)16(11)18/h3-7,9,14,20H,8,19H2,1-2H3. The molecule has 112 valence electrons. The first kappa shape index (κ1) is 15.4. The Balaban J connectivity index is 2.33. The van der Waals surface area contributed by atoms with Crippen molar-refractivity contribution in [2.45, 2.75) is 19.4 Å². The highest BCUT2D eigenvalue weighted by Crippen LogP contribution is 2.26. The van der Waals surface area contributed by atoms with Gasteiger partial charge in [-0.2, -0.15) is 0 Å². The van der Waals surface area contributed by atoms with E-state index in [1.54, 1.807) is 24.3 Å². The molecular formula is C16H18F2N2O. The number of aryl methyl sites for hydroxylation is 1. The predicted molar refractivity (Wildman–Crippen MR) is 77.9 cm³/mol. The molecule has 3 N–H and O–H groups in total. The van der Waals surface area contributed by atoms with Crippen molar-refractivity contribution in [2.75, 3.05) is 7.11 Å². The quantitative estimate of drug-likeness (QED) is 0.658. The number of hydrogen-bond donors (Lipinski definition) is 2. The van der Waals surface area contributed by atoms with Crippen LogP contribution in [-0.2, 0) is 6.42 Å². The first-order chi connectivity index (χ1) is 10.1. The zero-order valence-corrected chi connectivity index (χ0v) is 12.0. The van der Waals surface area contributed by atoms with Crippen LogP contribution in [0.15, 0.2) is 36.4 Å². The van der Waals surface area contributed by atoms with E-state index in [2.05, 4.69) is 5.43 Å². The SMILES string of the molecule is COc1cccc(CC(NN)c2cc(F)ccc2C)c1F. The molecule has 0 spiro atoms. The highest BCUT2D eigenvalue weighted by Gasteiger charge is 2.17. The summed E-state index contributed by atoms with van der Waals surface area (Å²) in [5, 5.41) is 0. The van der Waals surface area contributed by atoms with Gasteiger partial charge in [0.05, 0.1) is 13.2 Å². The Kier molecular flexibility index (Phi) is 4.88. The molecule has 5 heteroatoms. The van der Waals surface area contributed by atoms with Gasteiger partial charge in [0.1, 0.15) is 5.82 Å². The van der Waals surface area contributed by atoms with Gasteiger partial charge in [-0.1, -0.05) is 18.2 Å². The number of ether oxygens (including phenoxy) is 1. The molecule has 1 atom stereocenters. The normalized spacial score (nSPS) is 12.2. The Morgan fingerprint density at radius 3 is 2.67 bits per heavy atom. The molecule has 2 rings (SSSR count). The van der Waals surface area contributed by atoms with Crippen molar-refractivity contribution in [1.29, 1.82) is 0 Å². The highest BCUT2D eigenvalue weighted by molar-refractivity contribution is 5.35. The summed E-state index contributed by atoms with van der Waals surface area (Å²) < 4.78 is 32.6. The molecule has 2 aromatic carbocycles. The fourth-order valence-electron chi connectivity index (χ4n) is 2.34. The van der Waals surface area contributed by atoms with Crippen LogP contribution < -0.4 is 16.0 Å². The van der Waals surface area contributed by atoms with E-state index in [0.717, 1.165) is 5.56 Å². The largest absolute Gasteiger partial charge is 0.494 e. The molecule has 0 saturated carbocycles. The number of rotatable bonds is 5. The van der Waals surface area contributed by atoms with Crippen molar-refractivity contribution >= 4 is 0 Å². The molecule has 0 bridgehead atoms. The van der Waals surface area contributed by atoms with E-state index in [0.29, 0.717) is 17.5 Å². The van der Waals surface area contributed by atoms with Crippen molar-refractivity contribution in [3.05, 3.63) is 64.7 Å². The third kappa shape index (κ3) is 3.37. The minimum Gasteiger partial charge on any atom is -0.494 e. The molecule has 0 heterocycles. The lowest BCUT2D eigenvalue weighted by atomic mass is 9.95. The van der Waals surface area contributed by atoms with Crippen LogP contribution in [0.3, 0.4) is 0 Å². The van der Waals surface area contributed by atoms with Gasteiger partial charge in [-0.15, -0.1) is 0 Å². The van der Waals surface area contributed by atoms with Crippen molar-refractivity contribution in [1.82, 2.24) is 5.43 Å². The minimum atomic E-state index is -0.422. The second-order valence-electron chi connectivity index (χ2n) is 4.86. The number of benzene rings is 2.